The van der Waals surface area contributed by atoms with Crippen LogP contribution in [0, 0.1) is 5.82 Å². The molecule has 1 atom stereocenters. The molecule has 0 spiro atoms. The Balaban J connectivity index is 3.03. The molecule has 0 heterocycles. The van der Waals surface area contributed by atoms with Crippen LogP contribution in [0.4, 0.5) is 17.6 Å². The zero-order valence-electron chi connectivity index (χ0n) is 11.1. The molecule has 0 bridgehead atoms. The first-order chi connectivity index (χ1) is 8.90. The summed E-state index contributed by atoms with van der Waals surface area (Å²) in [5, 5.41) is 3.14. The van der Waals surface area contributed by atoms with Crippen LogP contribution in [0.1, 0.15) is 50.3 Å². The van der Waals surface area contributed by atoms with E-state index in [0.29, 0.717) is 12.1 Å². The Kier molecular flexibility index (Phi) is 5.79. The highest BCUT2D eigenvalue weighted by Crippen LogP contribution is 2.33. The van der Waals surface area contributed by atoms with Crippen LogP contribution >= 0.6 is 0 Å². The number of hydrogen-bond donors (Lipinski definition) is 1. The molecule has 0 saturated carbocycles. The lowest BCUT2D eigenvalue weighted by Gasteiger charge is -2.19. The van der Waals surface area contributed by atoms with Gasteiger partial charge in [0.15, 0.2) is 0 Å². The summed E-state index contributed by atoms with van der Waals surface area (Å²) in [6.45, 7) is 4.58. The summed E-state index contributed by atoms with van der Waals surface area (Å²) in [6, 6.07) is 3.08. The highest BCUT2D eigenvalue weighted by Gasteiger charge is 2.34. The molecule has 1 nitrogen and oxygen atoms in total. The average molecular weight is 277 g/mol. The summed E-state index contributed by atoms with van der Waals surface area (Å²) in [5.41, 5.74) is -0.701. The molecule has 0 aromatic heterocycles. The van der Waals surface area contributed by atoms with Crippen LogP contribution in [0.25, 0.3) is 0 Å². The van der Waals surface area contributed by atoms with Gasteiger partial charge in [-0.3, -0.25) is 0 Å². The SMILES string of the molecule is CCCCC(NCC)c1ccc(F)c(C(F)(F)F)c1. The highest BCUT2D eigenvalue weighted by molar-refractivity contribution is 5.29. The van der Waals surface area contributed by atoms with Crippen molar-refractivity contribution >= 4 is 0 Å². The minimum absolute atomic E-state index is 0.161. The fraction of sp³-hybridized carbons (Fsp3) is 0.571. The molecule has 1 N–H and O–H groups in total. The fourth-order valence-corrected chi connectivity index (χ4v) is 2.02. The van der Waals surface area contributed by atoms with Crippen molar-refractivity contribution in [2.45, 2.75) is 45.3 Å². The predicted molar refractivity (Wildman–Crippen MR) is 67.3 cm³/mol. The van der Waals surface area contributed by atoms with Gasteiger partial charge in [-0.15, -0.1) is 0 Å². The van der Waals surface area contributed by atoms with E-state index in [1.165, 1.54) is 6.07 Å². The maximum atomic E-state index is 13.2. The van der Waals surface area contributed by atoms with Crippen molar-refractivity contribution in [3.8, 4) is 0 Å². The molecule has 1 aromatic carbocycles. The number of halogens is 4. The van der Waals surface area contributed by atoms with Crippen molar-refractivity contribution in [3.05, 3.63) is 35.1 Å². The fourth-order valence-electron chi connectivity index (χ4n) is 2.02. The van der Waals surface area contributed by atoms with E-state index in [0.717, 1.165) is 31.4 Å². The predicted octanol–water partition coefficient (Wildman–Crippen LogP) is 4.69. The second kappa shape index (κ2) is 6.89. The van der Waals surface area contributed by atoms with E-state index in [4.69, 9.17) is 0 Å². The van der Waals surface area contributed by atoms with Gasteiger partial charge in [-0.1, -0.05) is 32.8 Å². The molecule has 0 amide bonds. The Morgan fingerprint density at radius 1 is 1.21 bits per heavy atom. The lowest BCUT2D eigenvalue weighted by molar-refractivity contribution is -0.140. The molecule has 0 saturated heterocycles. The van der Waals surface area contributed by atoms with E-state index >= 15 is 0 Å². The van der Waals surface area contributed by atoms with E-state index in [9.17, 15) is 17.6 Å². The molecule has 5 heteroatoms. The van der Waals surface area contributed by atoms with E-state index in [1.807, 2.05) is 13.8 Å². The van der Waals surface area contributed by atoms with Crippen molar-refractivity contribution in [1.29, 1.82) is 0 Å². The van der Waals surface area contributed by atoms with Crippen LogP contribution in [0.3, 0.4) is 0 Å². The zero-order chi connectivity index (χ0) is 14.5. The molecule has 0 aliphatic heterocycles. The van der Waals surface area contributed by atoms with Crippen LogP contribution in [0.15, 0.2) is 18.2 Å². The van der Waals surface area contributed by atoms with Gasteiger partial charge in [0.05, 0.1) is 5.56 Å². The average Bonchev–Trinajstić information content (AvgIpc) is 2.34. The van der Waals surface area contributed by atoms with E-state index in [-0.39, 0.29) is 6.04 Å². The molecule has 0 radical (unpaired) electrons. The van der Waals surface area contributed by atoms with Gasteiger partial charge in [0.25, 0.3) is 0 Å². The largest absolute Gasteiger partial charge is 0.419 e. The van der Waals surface area contributed by atoms with Crippen molar-refractivity contribution in [2.24, 2.45) is 0 Å². The summed E-state index contributed by atoms with van der Waals surface area (Å²) in [7, 11) is 0. The monoisotopic (exact) mass is 277 g/mol. The Morgan fingerprint density at radius 3 is 2.42 bits per heavy atom. The van der Waals surface area contributed by atoms with E-state index in [2.05, 4.69) is 5.32 Å². The number of nitrogens with one attached hydrogen (secondary N) is 1. The molecule has 1 aromatic rings. The lowest BCUT2D eigenvalue weighted by atomic mass is 9.98. The number of hydrogen-bond acceptors (Lipinski definition) is 1. The van der Waals surface area contributed by atoms with Crippen molar-refractivity contribution in [3.63, 3.8) is 0 Å². The molecule has 1 unspecified atom stereocenters. The minimum atomic E-state index is -4.65. The number of rotatable bonds is 6. The number of unbranched alkanes of at least 4 members (excludes halogenated alkanes) is 1. The van der Waals surface area contributed by atoms with E-state index < -0.39 is 17.6 Å². The molecular formula is C14H19F4N. The van der Waals surface area contributed by atoms with Gasteiger partial charge < -0.3 is 5.32 Å². The quantitative estimate of drug-likeness (QED) is 0.744. The summed E-state index contributed by atoms with van der Waals surface area (Å²) >= 11 is 0. The van der Waals surface area contributed by atoms with Gasteiger partial charge in [0.2, 0.25) is 0 Å². The molecule has 1 rings (SSSR count). The first-order valence-corrected chi connectivity index (χ1v) is 6.50. The standard InChI is InChI=1S/C14H19F4N/c1-3-5-6-13(19-4-2)10-7-8-12(15)11(9-10)14(16,17)18/h7-9,13,19H,3-6H2,1-2H3. The second-order valence-corrected chi connectivity index (χ2v) is 4.49. The molecule has 0 fully saturated rings. The van der Waals surface area contributed by atoms with Crippen LogP contribution in [-0.2, 0) is 6.18 Å². The van der Waals surface area contributed by atoms with Gasteiger partial charge in [-0.05, 0) is 30.7 Å². The Bertz CT molecular complexity index is 401. The highest BCUT2D eigenvalue weighted by atomic mass is 19.4. The molecular weight excluding hydrogens is 258 g/mol. The molecule has 19 heavy (non-hydrogen) atoms. The third-order valence-electron chi connectivity index (χ3n) is 3.00. The topological polar surface area (TPSA) is 12.0 Å². The van der Waals surface area contributed by atoms with Crippen molar-refractivity contribution < 1.29 is 17.6 Å². The zero-order valence-corrected chi connectivity index (χ0v) is 11.1. The van der Waals surface area contributed by atoms with Gasteiger partial charge in [0.1, 0.15) is 5.82 Å². The Labute approximate surface area is 111 Å². The minimum Gasteiger partial charge on any atom is -0.310 e. The smallest absolute Gasteiger partial charge is 0.310 e. The van der Waals surface area contributed by atoms with Gasteiger partial charge >= 0.3 is 6.18 Å². The number of benzene rings is 1. The third kappa shape index (κ3) is 4.49. The van der Waals surface area contributed by atoms with Crippen LogP contribution in [0.2, 0.25) is 0 Å². The third-order valence-corrected chi connectivity index (χ3v) is 3.00. The van der Waals surface area contributed by atoms with Gasteiger partial charge in [-0.25, -0.2) is 4.39 Å². The summed E-state index contributed by atoms with van der Waals surface area (Å²) in [5.74, 6) is -1.22. The molecule has 108 valence electrons. The Hall–Kier alpha value is -1.10. The normalized spacial score (nSPS) is 13.6. The van der Waals surface area contributed by atoms with E-state index in [1.54, 1.807) is 0 Å². The molecule has 0 aliphatic rings. The van der Waals surface area contributed by atoms with Crippen LogP contribution in [-0.4, -0.2) is 6.54 Å². The van der Waals surface area contributed by atoms with Gasteiger partial charge in [-0.2, -0.15) is 13.2 Å². The van der Waals surface area contributed by atoms with Crippen molar-refractivity contribution in [2.75, 3.05) is 6.54 Å². The number of alkyl halides is 3. The Morgan fingerprint density at radius 2 is 1.89 bits per heavy atom. The van der Waals surface area contributed by atoms with Crippen molar-refractivity contribution in [1.82, 2.24) is 5.32 Å². The maximum absolute atomic E-state index is 13.2. The first-order valence-electron chi connectivity index (χ1n) is 6.50. The first kappa shape index (κ1) is 16.0. The second-order valence-electron chi connectivity index (χ2n) is 4.49. The summed E-state index contributed by atoms with van der Waals surface area (Å²) < 4.78 is 51.2. The lowest BCUT2D eigenvalue weighted by Crippen LogP contribution is -2.21. The maximum Gasteiger partial charge on any atom is 0.419 e. The molecule has 0 aliphatic carbocycles. The van der Waals surface area contributed by atoms with Gasteiger partial charge in [0, 0.05) is 6.04 Å². The summed E-state index contributed by atoms with van der Waals surface area (Å²) in [4.78, 5) is 0. The summed E-state index contributed by atoms with van der Waals surface area (Å²) in [6.07, 6.45) is -2.03. The van der Waals surface area contributed by atoms with Crippen LogP contribution in [0.5, 0.6) is 0 Å². The van der Waals surface area contributed by atoms with Crippen LogP contribution < -0.4 is 5.32 Å².